The van der Waals surface area contributed by atoms with Crippen LogP contribution in [0.5, 0.6) is 0 Å². The topological polar surface area (TPSA) is 46.5 Å². The van der Waals surface area contributed by atoms with Crippen LogP contribution in [-0.4, -0.2) is 23.3 Å². The number of carboxylic acid groups (broad SMARTS) is 1. The van der Waals surface area contributed by atoms with Crippen molar-refractivity contribution < 1.29 is 14.6 Å². The van der Waals surface area contributed by atoms with Crippen molar-refractivity contribution in [3.8, 4) is 0 Å². The molecular formula is C8H12O3. The van der Waals surface area contributed by atoms with E-state index in [1.807, 2.05) is 0 Å². The lowest BCUT2D eigenvalue weighted by Gasteiger charge is -2.28. The van der Waals surface area contributed by atoms with E-state index in [0.717, 1.165) is 0 Å². The number of hydrogen-bond acceptors (Lipinski definition) is 2. The molecule has 1 heterocycles. The fourth-order valence-corrected chi connectivity index (χ4v) is 1.76. The minimum atomic E-state index is -0.891. The highest BCUT2D eigenvalue weighted by Gasteiger charge is 2.51. The van der Waals surface area contributed by atoms with Gasteiger partial charge < -0.3 is 9.84 Å². The molecule has 0 aromatic heterocycles. The van der Waals surface area contributed by atoms with Crippen LogP contribution in [-0.2, 0) is 9.53 Å². The number of ether oxygens (including phenoxy) is 1. The Labute approximate surface area is 65.4 Å². The van der Waals surface area contributed by atoms with Crippen LogP contribution < -0.4 is 0 Å². The molecule has 1 saturated heterocycles. The quantitative estimate of drug-likeness (QED) is 0.613. The van der Waals surface area contributed by atoms with Crippen LogP contribution in [0.3, 0.4) is 0 Å². The molecule has 1 aliphatic heterocycles. The number of aliphatic carboxylic acids is 1. The summed E-state index contributed by atoms with van der Waals surface area (Å²) in [6.07, 6.45) is 1.87. The highest BCUT2D eigenvalue weighted by atomic mass is 16.5. The van der Waals surface area contributed by atoms with Crippen molar-refractivity contribution in [3.05, 3.63) is 0 Å². The average Bonchev–Trinajstić information content (AvgIpc) is 2.65. The predicted octanol–water partition coefficient (Wildman–Crippen LogP) is 0.886. The van der Waals surface area contributed by atoms with Crippen molar-refractivity contribution in [2.45, 2.75) is 25.4 Å². The Morgan fingerprint density at radius 2 is 2.36 bits per heavy atom. The molecule has 3 atom stereocenters. The first kappa shape index (κ1) is 7.10. The molecule has 0 aromatic carbocycles. The highest BCUT2D eigenvalue weighted by Crippen LogP contribution is 2.49. The maximum atomic E-state index is 10.7. The first-order chi connectivity index (χ1) is 5.12. The number of carboxylic acids is 1. The van der Waals surface area contributed by atoms with Crippen molar-refractivity contribution in [2.24, 2.45) is 11.8 Å². The Morgan fingerprint density at radius 3 is 2.91 bits per heavy atom. The van der Waals surface area contributed by atoms with Gasteiger partial charge in [0.2, 0.25) is 0 Å². The molecule has 2 fully saturated rings. The van der Waals surface area contributed by atoms with Gasteiger partial charge in [-0.1, -0.05) is 0 Å². The van der Waals surface area contributed by atoms with Crippen molar-refractivity contribution in [3.63, 3.8) is 0 Å². The molecule has 0 amide bonds. The van der Waals surface area contributed by atoms with Gasteiger partial charge >= 0.3 is 5.97 Å². The maximum Gasteiger partial charge on any atom is 0.335 e. The molecule has 3 heteroatoms. The summed E-state index contributed by atoms with van der Waals surface area (Å²) in [6, 6.07) is 0. The molecule has 1 N–H and O–H groups in total. The van der Waals surface area contributed by atoms with Gasteiger partial charge in [0.1, 0.15) is 0 Å². The molecule has 11 heavy (non-hydrogen) atoms. The lowest BCUT2D eigenvalue weighted by atomic mass is 9.96. The van der Waals surface area contributed by atoms with E-state index in [1.165, 1.54) is 6.42 Å². The molecule has 1 aliphatic carbocycles. The van der Waals surface area contributed by atoms with E-state index in [1.54, 1.807) is 6.92 Å². The largest absolute Gasteiger partial charge is 0.479 e. The highest BCUT2D eigenvalue weighted by molar-refractivity contribution is 5.77. The second-order valence-electron chi connectivity index (χ2n) is 3.81. The number of fused-ring (bicyclic) bond motifs is 1. The fraction of sp³-hybridized carbons (Fsp3) is 0.875. The second kappa shape index (κ2) is 1.97. The van der Waals surface area contributed by atoms with Crippen LogP contribution in [0.15, 0.2) is 0 Å². The fourth-order valence-electron chi connectivity index (χ4n) is 1.76. The van der Waals surface area contributed by atoms with Gasteiger partial charge in [-0.3, -0.25) is 0 Å². The summed E-state index contributed by atoms with van der Waals surface area (Å²) in [4.78, 5) is 10.7. The van der Waals surface area contributed by atoms with Crippen LogP contribution >= 0.6 is 0 Å². The summed E-state index contributed by atoms with van der Waals surface area (Å²) in [5.74, 6) is 0.482. The molecule has 2 rings (SSSR count). The van der Waals surface area contributed by atoms with Gasteiger partial charge in [-0.15, -0.1) is 0 Å². The minimum absolute atomic E-state index is 0.629. The van der Waals surface area contributed by atoms with Crippen molar-refractivity contribution in [1.29, 1.82) is 0 Å². The summed E-state index contributed by atoms with van der Waals surface area (Å²) in [5, 5.41) is 8.81. The lowest BCUT2D eigenvalue weighted by molar-refractivity contribution is -0.169. The third-order valence-electron chi connectivity index (χ3n) is 2.79. The van der Waals surface area contributed by atoms with E-state index in [-0.39, 0.29) is 0 Å². The van der Waals surface area contributed by atoms with Gasteiger partial charge in [0.15, 0.2) is 5.60 Å². The monoisotopic (exact) mass is 156 g/mol. The van der Waals surface area contributed by atoms with E-state index in [2.05, 4.69) is 0 Å². The molecule has 0 aromatic rings. The maximum absolute atomic E-state index is 10.7. The van der Waals surface area contributed by atoms with E-state index in [4.69, 9.17) is 9.84 Å². The van der Waals surface area contributed by atoms with Crippen molar-refractivity contribution in [2.75, 3.05) is 6.61 Å². The number of carbonyl (C=O) groups is 1. The van der Waals surface area contributed by atoms with E-state index in [0.29, 0.717) is 24.9 Å². The Bertz CT molecular complexity index is 202. The van der Waals surface area contributed by atoms with Gasteiger partial charge in [0.25, 0.3) is 0 Å². The Hall–Kier alpha value is -0.570. The minimum Gasteiger partial charge on any atom is -0.479 e. The molecular weight excluding hydrogens is 144 g/mol. The zero-order valence-electron chi connectivity index (χ0n) is 6.54. The van der Waals surface area contributed by atoms with Crippen molar-refractivity contribution >= 4 is 5.97 Å². The van der Waals surface area contributed by atoms with E-state index >= 15 is 0 Å². The molecule has 62 valence electrons. The van der Waals surface area contributed by atoms with Gasteiger partial charge in [-0.05, 0) is 31.6 Å². The smallest absolute Gasteiger partial charge is 0.335 e. The standard InChI is InChI=1S/C8H12O3/c1-8(7(9)10)3-5-2-6(5)4-11-8/h5-6H,2-4H2,1H3,(H,9,10). The zero-order chi connectivity index (χ0) is 8.06. The molecule has 3 unspecified atom stereocenters. The lowest BCUT2D eigenvalue weighted by Crippen LogP contribution is -2.42. The van der Waals surface area contributed by atoms with Crippen LogP contribution in [0.2, 0.25) is 0 Å². The van der Waals surface area contributed by atoms with Gasteiger partial charge in [-0.25, -0.2) is 4.79 Å². The van der Waals surface area contributed by atoms with Crippen LogP contribution in [0.25, 0.3) is 0 Å². The van der Waals surface area contributed by atoms with Crippen LogP contribution in [0.1, 0.15) is 19.8 Å². The number of rotatable bonds is 1. The molecule has 0 radical (unpaired) electrons. The summed E-state index contributed by atoms with van der Waals surface area (Å²) < 4.78 is 5.28. The second-order valence-corrected chi connectivity index (χ2v) is 3.81. The third-order valence-corrected chi connectivity index (χ3v) is 2.79. The normalized spacial score (nSPS) is 48.1. The van der Waals surface area contributed by atoms with Gasteiger partial charge in [0.05, 0.1) is 6.61 Å². The summed E-state index contributed by atoms with van der Waals surface area (Å²) in [7, 11) is 0. The molecule has 0 spiro atoms. The number of hydrogen-bond donors (Lipinski definition) is 1. The first-order valence-corrected chi connectivity index (χ1v) is 3.99. The van der Waals surface area contributed by atoms with Crippen LogP contribution in [0.4, 0.5) is 0 Å². The van der Waals surface area contributed by atoms with Gasteiger partial charge in [0, 0.05) is 0 Å². The summed E-state index contributed by atoms with van der Waals surface area (Å²) in [5.41, 5.74) is -0.891. The Kier molecular flexibility index (Phi) is 1.27. The van der Waals surface area contributed by atoms with E-state index in [9.17, 15) is 4.79 Å². The van der Waals surface area contributed by atoms with Crippen molar-refractivity contribution in [1.82, 2.24) is 0 Å². The van der Waals surface area contributed by atoms with E-state index < -0.39 is 11.6 Å². The van der Waals surface area contributed by atoms with Gasteiger partial charge in [-0.2, -0.15) is 0 Å². The summed E-state index contributed by atoms with van der Waals surface area (Å²) >= 11 is 0. The molecule has 3 nitrogen and oxygen atoms in total. The van der Waals surface area contributed by atoms with Crippen LogP contribution in [0, 0.1) is 11.8 Å². The average molecular weight is 156 g/mol. The first-order valence-electron chi connectivity index (χ1n) is 3.99. The predicted molar refractivity (Wildman–Crippen MR) is 38.2 cm³/mol. The molecule has 1 saturated carbocycles. The summed E-state index contributed by atoms with van der Waals surface area (Å²) in [6.45, 7) is 2.32. The molecule has 0 bridgehead atoms. The molecule has 2 aliphatic rings. The third kappa shape index (κ3) is 1.03. The zero-order valence-corrected chi connectivity index (χ0v) is 6.54. The SMILES string of the molecule is CC1(C(=O)O)CC2CC2CO1. The Morgan fingerprint density at radius 1 is 1.64 bits per heavy atom. The Balaban J connectivity index is 2.08.